The first kappa shape index (κ1) is 19.5. The van der Waals surface area contributed by atoms with Gasteiger partial charge in [0, 0.05) is 11.0 Å². The van der Waals surface area contributed by atoms with E-state index in [2.05, 4.69) is 10.2 Å². The molecule has 2 aromatic carbocycles. The van der Waals surface area contributed by atoms with Gasteiger partial charge >= 0.3 is 0 Å². The van der Waals surface area contributed by atoms with Crippen LogP contribution >= 0.6 is 11.8 Å². The fourth-order valence-electron chi connectivity index (χ4n) is 2.91. The third-order valence-corrected chi connectivity index (χ3v) is 5.66. The zero-order chi connectivity index (χ0) is 20.4. The highest BCUT2D eigenvalue weighted by Crippen LogP contribution is 2.34. The van der Waals surface area contributed by atoms with Gasteiger partial charge in [-0.15, -0.1) is 10.2 Å². The average molecular weight is 410 g/mol. The first-order valence-electron chi connectivity index (χ1n) is 9.45. The molecule has 0 bridgehead atoms. The summed E-state index contributed by atoms with van der Waals surface area (Å²) in [5, 5.41) is 9.52. The molecule has 1 aromatic heterocycles. The average Bonchev–Trinajstić information content (AvgIpc) is 3.32. The van der Waals surface area contributed by atoms with E-state index in [-0.39, 0.29) is 18.0 Å². The number of thioether (sulfide) groups is 1. The van der Waals surface area contributed by atoms with Gasteiger partial charge in [-0.3, -0.25) is 9.36 Å². The Hall–Kier alpha value is -2.80. The second kappa shape index (κ2) is 7.91. The maximum Gasteiger partial charge on any atom is 0.231 e. The molecule has 0 fully saturated rings. The number of fused-ring (bicyclic) bond motifs is 1. The summed E-state index contributed by atoms with van der Waals surface area (Å²) in [5.74, 6) is 2.81. The molecule has 3 aromatic rings. The molecule has 6 nitrogen and oxygen atoms in total. The van der Waals surface area contributed by atoms with Crippen LogP contribution < -0.4 is 9.47 Å². The van der Waals surface area contributed by atoms with E-state index in [0.29, 0.717) is 12.3 Å². The molecule has 7 heteroatoms. The fraction of sp³-hybridized carbons (Fsp3) is 0.318. The maximum absolute atomic E-state index is 12.4. The van der Waals surface area contributed by atoms with Crippen LogP contribution in [0.4, 0.5) is 0 Å². The van der Waals surface area contributed by atoms with E-state index in [1.54, 1.807) is 0 Å². The van der Waals surface area contributed by atoms with Gasteiger partial charge in [0.2, 0.25) is 6.79 Å². The Bertz CT molecular complexity index is 1030. The first-order chi connectivity index (χ1) is 13.9. The number of Topliss-reactive ketones (excluding diaryl/α,β-unsaturated/α-hetero) is 1. The third-order valence-electron chi connectivity index (χ3n) is 4.70. The second-order valence-electron chi connectivity index (χ2n) is 7.91. The van der Waals surface area contributed by atoms with Crippen molar-refractivity contribution in [2.24, 2.45) is 5.41 Å². The zero-order valence-electron chi connectivity index (χ0n) is 16.7. The molecule has 0 N–H and O–H groups in total. The Labute approximate surface area is 174 Å². The lowest BCUT2D eigenvalue weighted by Crippen LogP contribution is -2.22. The molecule has 4 rings (SSSR count). The molecular formula is C22H23N3O3S. The number of carbonyl (C=O) groups excluding carboxylic acids is 1. The van der Waals surface area contributed by atoms with Crippen LogP contribution in [0, 0.1) is 5.41 Å². The summed E-state index contributed by atoms with van der Waals surface area (Å²) < 4.78 is 13.0. The van der Waals surface area contributed by atoms with Crippen LogP contribution in [0.15, 0.2) is 53.7 Å². The van der Waals surface area contributed by atoms with Crippen molar-refractivity contribution in [2.45, 2.75) is 32.5 Å². The van der Waals surface area contributed by atoms with Gasteiger partial charge in [-0.25, -0.2) is 0 Å². The summed E-state index contributed by atoms with van der Waals surface area (Å²) >= 11 is 1.43. The van der Waals surface area contributed by atoms with E-state index in [1.807, 2.05) is 73.9 Å². The van der Waals surface area contributed by atoms with Crippen LogP contribution in [-0.4, -0.2) is 33.1 Å². The molecule has 0 spiro atoms. The topological polar surface area (TPSA) is 66.2 Å². The number of hydrogen-bond acceptors (Lipinski definition) is 6. The van der Waals surface area contributed by atoms with Crippen LogP contribution in [0.25, 0.3) is 11.4 Å². The van der Waals surface area contributed by atoms with Crippen LogP contribution in [0.3, 0.4) is 0 Å². The van der Waals surface area contributed by atoms with Gasteiger partial charge in [0.15, 0.2) is 22.5 Å². The molecule has 29 heavy (non-hydrogen) atoms. The van der Waals surface area contributed by atoms with Crippen molar-refractivity contribution in [3.8, 4) is 22.9 Å². The number of benzene rings is 2. The van der Waals surface area contributed by atoms with Crippen LogP contribution in [-0.2, 0) is 11.3 Å². The van der Waals surface area contributed by atoms with E-state index in [0.717, 1.165) is 33.6 Å². The van der Waals surface area contributed by atoms with Gasteiger partial charge in [-0.1, -0.05) is 68.9 Å². The molecule has 150 valence electrons. The lowest BCUT2D eigenvalue weighted by molar-refractivity contribution is -0.123. The molecule has 0 radical (unpaired) electrons. The molecule has 0 atom stereocenters. The van der Waals surface area contributed by atoms with E-state index >= 15 is 0 Å². The Balaban J connectivity index is 1.65. The minimum absolute atomic E-state index is 0.182. The van der Waals surface area contributed by atoms with Gasteiger partial charge in [0.1, 0.15) is 5.78 Å². The molecule has 0 saturated heterocycles. The number of rotatable bonds is 6. The van der Waals surface area contributed by atoms with Crippen LogP contribution in [0.5, 0.6) is 11.5 Å². The minimum Gasteiger partial charge on any atom is -0.454 e. The SMILES string of the molecule is CC(C)(C)C(=O)CSc1nnc(-c2ccccc2)n1Cc1ccc2c(c1)OCO2. The molecular weight excluding hydrogens is 386 g/mol. The van der Waals surface area contributed by atoms with Gasteiger partial charge in [0.25, 0.3) is 0 Å². The van der Waals surface area contributed by atoms with Crippen molar-refractivity contribution in [1.29, 1.82) is 0 Å². The van der Waals surface area contributed by atoms with E-state index in [9.17, 15) is 4.79 Å². The number of ketones is 1. The summed E-state index contributed by atoms with van der Waals surface area (Å²) in [7, 11) is 0. The number of ether oxygens (including phenoxy) is 2. The zero-order valence-corrected chi connectivity index (χ0v) is 17.5. The molecule has 0 aliphatic carbocycles. The highest BCUT2D eigenvalue weighted by atomic mass is 32.2. The maximum atomic E-state index is 12.4. The smallest absolute Gasteiger partial charge is 0.231 e. The Morgan fingerprint density at radius 2 is 1.83 bits per heavy atom. The standard InChI is InChI=1S/C22H23N3O3S/c1-22(2,3)19(26)13-29-21-24-23-20(16-7-5-4-6-8-16)25(21)12-15-9-10-17-18(11-15)28-14-27-17/h4-11H,12-14H2,1-3H3. The van der Waals surface area contributed by atoms with Gasteiger partial charge < -0.3 is 9.47 Å². The van der Waals surface area contributed by atoms with Gasteiger partial charge in [0.05, 0.1) is 12.3 Å². The van der Waals surface area contributed by atoms with Gasteiger partial charge in [-0.05, 0) is 17.7 Å². The predicted octanol–water partition coefficient (Wildman–Crippen LogP) is 4.43. The lowest BCUT2D eigenvalue weighted by atomic mass is 9.92. The van der Waals surface area contributed by atoms with Crippen molar-refractivity contribution >= 4 is 17.5 Å². The summed E-state index contributed by atoms with van der Waals surface area (Å²) in [6.07, 6.45) is 0. The van der Waals surface area contributed by atoms with E-state index in [4.69, 9.17) is 9.47 Å². The van der Waals surface area contributed by atoms with Crippen LogP contribution in [0.2, 0.25) is 0 Å². The largest absolute Gasteiger partial charge is 0.454 e. The molecule has 0 saturated carbocycles. The summed E-state index contributed by atoms with van der Waals surface area (Å²) in [6.45, 7) is 6.62. The second-order valence-corrected chi connectivity index (χ2v) is 8.85. The number of aromatic nitrogens is 3. The van der Waals surface area contributed by atoms with Crippen molar-refractivity contribution in [3.05, 3.63) is 54.1 Å². The Kier molecular flexibility index (Phi) is 5.32. The van der Waals surface area contributed by atoms with Crippen molar-refractivity contribution < 1.29 is 14.3 Å². The first-order valence-corrected chi connectivity index (χ1v) is 10.4. The molecule has 1 aliphatic rings. The molecule has 2 heterocycles. The molecule has 0 unspecified atom stereocenters. The van der Waals surface area contributed by atoms with Crippen molar-refractivity contribution in [3.63, 3.8) is 0 Å². The highest BCUT2D eigenvalue weighted by molar-refractivity contribution is 7.99. The lowest BCUT2D eigenvalue weighted by Gasteiger charge is -2.16. The number of nitrogens with zero attached hydrogens (tertiary/aromatic N) is 3. The number of hydrogen-bond donors (Lipinski definition) is 0. The predicted molar refractivity (Wildman–Crippen MR) is 112 cm³/mol. The number of carbonyl (C=O) groups is 1. The van der Waals surface area contributed by atoms with Gasteiger partial charge in [-0.2, -0.15) is 0 Å². The third kappa shape index (κ3) is 4.29. The minimum atomic E-state index is -0.378. The molecule has 0 amide bonds. The van der Waals surface area contributed by atoms with Crippen molar-refractivity contribution in [1.82, 2.24) is 14.8 Å². The fourth-order valence-corrected chi connectivity index (χ4v) is 4.01. The molecule has 1 aliphatic heterocycles. The summed E-state index contributed by atoms with van der Waals surface area (Å²) in [4.78, 5) is 12.4. The highest BCUT2D eigenvalue weighted by Gasteiger charge is 2.23. The Morgan fingerprint density at radius 3 is 2.59 bits per heavy atom. The Morgan fingerprint density at radius 1 is 1.07 bits per heavy atom. The monoisotopic (exact) mass is 409 g/mol. The van der Waals surface area contributed by atoms with Crippen LogP contribution in [0.1, 0.15) is 26.3 Å². The van der Waals surface area contributed by atoms with Crippen molar-refractivity contribution in [2.75, 3.05) is 12.5 Å². The van der Waals surface area contributed by atoms with E-state index < -0.39 is 0 Å². The summed E-state index contributed by atoms with van der Waals surface area (Å²) in [6, 6.07) is 15.8. The quantitative estimate of drug-likeness (QED) is 0.561. The van der Waals surface area contributed by atoms with E-state index in [1.165, 1.54) is 11.8 Å². The normalized spacial score (nSPS) is 12.9. The summed E-state index contributed by atoms with van der Waals surface area (Å²) in [5.41, 5.74) is 1.65.